The number of benzene rings is 1. The third-order valence-electron chi connectivity index (χ3n) is 8.25. The van der Waals surface area contributed by atoms with E-state index in [0.717, 1.165) is 4.90 Å². The van der Waals surface area contributed by atoms with Gasteiger partial charge in [0.1, 0.15) is 30.2 Å². The number of hydrogen-bond donors (Lipinski definition) is 9. The molecule has 19 nitrogen and oxygen atoms in total. The molecular formula is C33H46N6O13S. The molecule has 20 heteroatoms. The van der Waals surface area contributed by atoms with Gasteiger partial charge in [-0.15, -0.1) is 0 Å². The summed E-state index contributed by atoms with van der Waals surface area (Å²) in [7, 11) is 0. The standard InChI is InChI=1S/C33H46N6O13S/c1-53-15-13-22(31(49)38-23(17-27(44)45)32(50)39-14-5-8-24(39)33(51)52)37-30(48)21(10-12-26(42)43)36-29(47)20(9-11-25(40)41)35-28(46)19(34)16-18-6-3-2-4-7-18/h2-4,6-7,19-24H,5,8-17,34H2,1H3,(H,35,46)(H,36,47)(H,37,48)(H,38,49)(H,40,41)(H,42,43)(H,44,45)(H,51,52). The molecule has 2 rings (SSSR count). The fourth-order valence-corrected chi connectivity index (χ4v) is 5.97. The lowest BCUT2D eigenvalue weighted by atomic mass is 10.0. The summed E-state index contributed by atoms with van der Waals surface area (Å²) in [5, 5.41) is 46.9. The molecule has 0 saturated carbocycles. The molecule has 1 aliphatic rings. The molecule has 10 N–H and O–H groups in total. The van der Waals surface area contributed by atoms with Gasteiger partial charge in [-0.25, -0.2) is 4.79 Å². The minimum absolute atomic E-state index is 0.0201. The molecule has 6 unspecified atom stereocenters. The Labute approximate surface area is 308 Å². The van der Waals surface area contributed by atoms with Crippen molar-refractivity contribution in [2.45, 2.75) is 94.0 Å². The number of hydrogen-bond acceptors (Lipinski definition) is 11. The smallest absolute Gasteiger partial charge is 0.326 e. The van der Waals surface area contributed by atoms with Gasteiger partial charge in [0.2, 0.25) is 29.5 Å². The molecule has 1 aliphatic heterocycles. The van der Waals surface area contributed by atoms with Crippen LogP contribution >= 0.6 is 11.8 Å². The normalized spacial score (nSPS) is 16.6. The third kappa shape index (κ3) is 15.1. The molecule has 5 amide bonds. The summed E-state index contributed by atoms with van der Waals surface area (Å²) in [4.78, 5) is 114. The van der Waals surface area contributed by atoms with E-state index in [1.807, 2.05) is 0 Å². The lowest BCUT2D eigenvalue weighted by Crippen LogP contribution is -2.59. The Morgan fingerprint density at radius 3 is 1.70 bits per heavy atom. The van der Waals surface area contributed by atoms with Crippen molar-refractivity contribution in [1.82, 2.24) is 26.2 Å². The molecule has 1 heterocycles. The number of carbonyl (C=O) groups is 9. The zero-order chi connectivity index (χ0) is 39.7. The number of nitrogens with zero attached hydrogens (tertiary/aromatic N) is 1. The van der Waals surface area contributed by atoms with Gasteiger partial charge in [0.25, 0.3) is 0 Å². The minimum atomic E-state index is -1.69. The van der Waals surface area contributed by atoms with Crippen molar-refractivity contribution in [1.29, 1.82) is 0 Å². The largest absolute Gasteiger partial charge is 0.481 e. The van der Waals surface area contributed by atoms with Crippen molar-refractivity contribution in [3.05, 3.63) is 35.9 Å². The topological polar surface area (TPSA) is 312 Å². The van der Waals surface area contributed by atoms with Crippen molar-refractivity contribution in [2.24, 2.45) is 5.73 Å². The summed E-state index contributed by atoms with van der Waals surface area (Å²) in [5.74, 6) is -9.95. The van der Waals surface area contributed by atoms with Gasteiger partial charge in [-0.1, -0.05) is 30.3 Å². The van der Waals surface area contributed by atoms with Crippen LogP contribution in [0.3, 0.4) is 0 Å². The fraction of sp³-hybridized carbons (Fsp3) is 0.545. The maximum absolute atomic E-state index is 13.6. The van der Waals surface area contributed by atoms with Crippen molar-refractivity contribution < 1.29 is 63.6 Å². The molecule has 0 bridgehead atoms. The fourth-order valence-electron chi connectivity index (χ4n) is 5.50. The van der Waals surface area contributed by atoms with E-state index in [-0.39, 0.29) is 31.6 Å². The molecular weight excluding hydrogens is 720 g/mol. The van der Waals surface area contributed by atoms with E-state index in [0.29, 0.717) is 12.0 Å². The average molecular weight is 767 g/mol. The molecule has 53 heavy (non-hydrogen) atoms. The van der Waals surface area contributed by atoms with Crippen LogP contribution in [0.1, 0.15) is 56.9 Å². The van der Waals surface area contributed by atoms with E-state index in [1.54, 1.807) is 36.6 Å². The third-order valence-corrected chi connectivity index (χ3v) is 8.90. The van der Waals surface area contributed by atoms with Gasteiger partial charge in [0.05, 0.1) is 12.5 Å². The Morgan fingerprint density at radius 2 is 1.23 bits per heavy atom. The quantitative estimate of drug-likeness (QED) is 0.0614. The second-order valence-electron chi connectivity index (χ2n) is 12.3. The van der Waals surface area contributed by atoms with Crippen LogP contribution in [0.2, 0.25) is 0 Å². The van der Waals surface area contributed by atoms with E-state index in [2.05, 4.69) is 21.3 Å². The van der Waals surface area contributed by atoms with Crippen LogP contribution < -0.4 is 27.0 Å². The van der Waals surface area contributed by atoms with Crippen molar-refractivity contribution >= 4 is 65.2 Å². The molecule has 0 radical (unpaired) electrons. The van der Waals surface area contributed by atoms with Gasteiger partial charge in [-0.3, -0.25) is 38.4 Å². The predicted octanol–water partition coefficient (Wildman–Crippen LogP) is -1.47. The number of likely N-dealkylation sites (tertiary alicyclic amines) is 1. The van der Waals surface area contributed by atoms with Gasteiger partial charge >= 0.3 is 23.9 Å². The Hall–Kier alpha value is -5.24. The molecule has 6 atom stereocenters. The van der Waals surface area contributed by atoms with Crippen molar-refractivity contribution in [3.8, 4) is 0 Å². The molecule has 292 valence electrons. The summed E-state index contributed by atoms with van der Waals surface area (Å²) in [6.07, 6.45) is -0.838. The molecule has 0 aromatic heterocycles. The summed E-state index contributed by atoms with van der Waals surface area (Å²) < 4.78 is 0. The summed E-state index contributed by atoms with van der Waals surface area (Å²) in [5.41, 5.74) is 6.74. The maximum Gasteiger partial charge on any atom is 0.326 e. The van der Waals surface area contributed by atoms with Gasteiger partial charge in [0, 0.05) is 19.4 Å². The van der Waals surface area contributed by atoms with Crippen LogP contribution in [-0.2, 0) is 49.6 Å². The zero-order valence-electron chi connectivity index (χ0n) is 29.0. The highest BCUT2D eigenvalue weighted by molar-refractivity contribution is 7.98. The average Bonchev–Trinajstić information content (AvgIpc) is 3.60. The SMILES string of the molecule is CSCCC(NC(=O)C(CCC(=O)O)NC(=O)C(CCC(=O)O)NC(=O)C(N)Cc1ccccc1)C(=O)NC(CC(=O)O)C(=O)N1CCCC1C(=O)O. The monoisotopic (exact) mass is 766 g/mol. The van der Waals surface area contributed by atoms with Gasteiger partial charge < -0.3 is 52.3 Å². The number of thioether (sulfide) groups is 1. The molecule has 1 saturated heterocycles. The van der Waals surface area contributed by atoms with Crippen LogP contribution in [0.15, 0.2) is 30.3 Å². The van der Waals surface area contributed by atoms with Crippen LogP contribution in [0.5, 0.6) is 0 Å². The molecule has 1 aromatic carbocycles. The highest BCUT2D eigenvalue weighted by Crippen LogP contribution is 2.19. The lowest BCUT2D eigenvalue weighted by Gasteiger charge is -2.29. The lowest BCUT2D eigenvalue weighted by molar-refractivity contribution is -0.150. The second-order valence-corrected chi connectivity index (χ2v) is 13.3. The highest BCUT2D eigenvalue weighted by atomic mass is 32.2. The Kier molecular flexibility index (Phi) is 18.2. The number of carboxylic acid groups (broad SMARTS) is 4. The van der Waals surface area contributed by atoms with Gasteiger partial charge in [-0.05, 0) is 56.1 Å². The first kappa shape index (κ1) is 43.9. The van der Waals surface area contributed by atoms with Gasteiger partial charge in [0.15, 0.2) is 0 Å². The zero-order valence-corrected chi connectivity index (χ0v) is 29.8. The molecule has 1 aromatic rings. The summed E-state index contributed by atoms with van der Waals surface area (Å²) in [6.45, 7) is 0.0201. The first-order chi connectivity index (χ1) is 25.0. The number of aliphatic carboxylic acids is 4. The number of carboxylic acids is 4. The molecule has 1 fully saturated rings. The summed E-state index contributed by atoms with van der Waals surface area (Å²) >= 11 is 1.28. The molecule has 0 aliphatic carbocycles. The van der Waals surface area contributed by atoms with Crippen LogP contribution in [0.4, 0.5) is 0 Å². The van der Waals surface area contributed by atoms with Crippen LogP contribution in [0, 0.1) is 0 Å². The van der Waals surface area contributed by atoms with E-state index in [9.17, 15) is 63.6 Å². The van der Waals surface area contributed by atoms with Crippen LogP contribution in [0.25, 0.3) is 0 Å². The van der Waals surface area contributed by atoms with E-state index in [4.69, 9.17) is 5.73 Å². The second kappa shape index (κ2) is 22.0. The minimum Gasteiger partial charge on any atom is -0.481 e. The van der Waals surface area contributed by atoms with E-state index in [1.165, 1.54) is 11.8 Å². The number of nitrogens with one attached hydrogen (secondary N) is 4. The maximum atomic E-state index is 13.6. The number of amides is 5. The van der Waals surface area contributed by atoms with Crippen molar-refractivity contribution in [3.63, 3.8) is 0 Å². The first-order valence-corrected chi connectivity index (χ1v) is 18.1. The predicted molar refractivity (Wildman–Crippen MR) is 187 cm³/mol. The van der Waals surface area contributed by atoms with Crippen molar-refractivity contribution in [2.75, 3.05) is 18.6 Å². The van der Waals surface area contributed by atoms with E-state index < -0.39 is 122 Å². The number of nitrogens with two attached hydrogens (primary N) is 1. The van der Waals surface area contributed by atoms with Crippen LogP contribution in [-0.4, -0.2) is 134 Å². The number of carbonyl (C=O) groups excluding carboxylic acids is 5. The van der Waals surface area contributed by atoms with E-state index >= 15 is 0 Å². The summed E-state index contributed by atoms with van der Waals surface area (Å²) in [6, 6.07) is 0.0703. The van der Waals surface area contributed by atoms with Gasteiger partial charge in [-0.2, -0.15) is 11.8 Å². The Morgan fingerprint density at radius 1 is 0.736 bits per heavy atom. The Balaban J connectivity index is 2.28. The Bertz CT molecular complexity index is 1500. The molecule has 0 spiro atoms. The number of rotatable bonds is 23. The first-order valence-electron chi connectivity index (χ1n) is 16.7. The highest BCUT2D eigenvalue weighted by Gasteiger charge is 2.39.